The molecule has 2 aromatic carbocycles. The Hall–Kier alpha value is -2.77. The van der Waals surface area contributed by atoms with Crippen molar-refractivity contribution in [3.8, 4) is 0 Å². The number of nitro groups is 1. The molecular formula is C19H20ClN3O4. The molecule has 1 amide bonds. The zero-order valence-corrected chi connectivity index (χ0v) is 15.8. The Morgan fingerprint density at radius 3 is 2.37 bits per heavy atom. The van der Waals surface area contributed by atoms with E-state index in [0.717, 1.165) is 6.07 Å². The van der Waals surface area contributed by atoms with Gasteiger partial charge in [-0.15, -0.1) is 0 Å². The highest BCUT2D eigenvalue weighted by molar-refractivity contribution is 6.35. The molecule has 1 N–H and O–H groups in total. The molecule has 0 bridgehead atoms. The molecule has 0 atom stereocenters. The van der Waals surface area contributed by atoms with Gasteiger partial charge in [0.1, 0.15) is 0 Å². The monoisotopic (exact) mass is 389 g/mol. The van der Waals surface area contributed by atoms with Crippen molar-refractivity contribution in [3.05, 3.63) is 68.7 Å². The fraction of sp³-hybridized carbons (Fsp3) is 0.263. The topological polar surface area (TPSA) is 92.6 Å². The van der Waals surface area contributed by atoms with Crippen molar-refractivity contribution < 1.29 is 14.5 Å². The molecule has 0 aliphatic carbocycles. The summed E-state index contributed by atoms with van der Waals surface area (Å²) in [4.78, 5) is 37.7. The molecule has 8 heteroatoms. The fourth-order valence-electron chi connectivity index (χ4n) is 2.57. The number of rotatable bonds is 8. The number of non-ortho nitro benzene ring substituents is 1. The lowest BCUT2D eigenvalue weighted by Gasteiger charge is -2.18. The van der Waals surface area contributed by atoms with Crippen LogP contribution < -0.4 is 5.32 Å². The molecule has 0 saturated carbocycles. The molecule has 142 valence electrons. The summed E-state index contributed by atoms with van der Waals surface area (Å²) in [6.45, 7) is 5.44. The zero-order chi connectivity index (χ0) is 20.0. The highest BCUT2D eigenvalue weighted by atomic mass is 35.5. The Morgan fingerprint density at radius 1 is 1.11 bits per heavy atom. The summed E-state index contributed by atoms with van der Waals surface area (Å²) in [7, 11) is 0. The molecule has 2 aromatic rings. The van der Waals surface area contributed by atoms with E-state index < -0.39 is 10.7 Å². The number of halogens is 1. The number of carbonyl (C=O) groups excluding carboxylic acids is 2. The maximum Gasteiger partial charge on any atom is 0.270 e. The van der Waals surface area contributed by atoms with Crippen molar-refractivity contribution in [1.29, 1.82) is 0 Å². The first kappa shape index (κ1) is 20.5. The normalized spacial score (nSPS) is 10.7. The molecule has 0 fully saturated rings. The van der Waals surface area contributed by atoms with E-state index in [1.165, 1.54) is 18.2 Å². The molecule has 0 spiro atoms. The highest BCUT2D eigenvalue weighted by Gasteiger charge is 2.21. The van der Waals surface area contributed by atoms with Crippen LogP contribution in [-0.2, 0) is 4.79 Å². The third kappa shape index (κ3) is 5.12. The van der Waals surface area contributed by atoms with Crippen molar-refractivity contribution in [1.82, 2.24) is 4.90 Å². The minimum absolute atomic E-state index is 0.0187. The average molecular weight is 390 g/mol. The van der Waals surface area contributed by atoms with Gasteiger partial charge in [0.25, 0.3) is 5.69 Å². The molecular weight excluding hydrogens is 370 g/mol. The molecule has 0 aliphatic rings. The van der Waals surface area contributed by atoms with Crippen LogP contribution in [0.5, 0.6) is 0 Å². The Bertz CT molecular complexity index is 866. The van der Waals surface area contributed by atoms with E-state index in [-0.39, 0.29) is 40.0 Å². The van der Waals surface area contributed by atoms with Gasteiger partial charge >= 0.3 is 0 Å². The van der Waals surface area contributed by atoms with Crippen LogP contribution in [0.15, 0.2) is 42.5 Å². The quantitative estimate of drug-likeness (QED) is 0.421. The number of nitrogens with zero attached hydrogens (tertiary/aromatic N) is 2. The van der Waals surface area contributed by atoms with Gasteiger partial charge < -0.3 is 5.32 Å². The van der Waals surface area contributed by atoms with E-state index in [1.807, 2.05) is 18.7 Å². The Labute approximate surface area is 162 Å². The third-order valence-electron chi connectivity index (χ3n) is 4.11. The molecule has 0 heterocycles. The van der Waals surface area contributed by atoms with Crippen LogP contribution in [0.4, 0.5) is 11.4 Å². The number of anilines is 1. The van der Waals surface area contributed by atoms with E-state index >= 15 is 0 Å². The SMILES string of the molecule is CCN(CC)CC(=O)Nc1ccc([N+](=O)[O-])cc1C(=O)c1ccccc1Cl. The smallest absolute Gasteiger partial charge is 0.270 e. The number of benzene rings is 2. The Kier molecular flexibility index (Phi) is 7.04. The van der Waals surface area contributed by atoms with Gasteiger partial charge in [-0.25, -0.2) is 0 Å². The van der Waals surface area contributed by atoms with E-state index in [0.29, 0.717) is 13.1 Å². The lowest BCUT2D eigenvalue weighted by molar-refractivity contribution is -0.384. The number of amides is 1. The molecule has 0 radical (unpaired) electrons. The maximum absolute atomic E-state index is 12.9. The average Bonchev–Trinajstić information content (AvgIpc) is 2.66. The number of likely N-dealkylation sites (N-methyl/N-ethyl adjacent to an activating group) is 1. The van der Waals surface area contributed by atoms with Crippen LogP contribution in [-0.4, -0.2) is 41.1 Å². The zero-order valence-electron chi connectivity index (χ0n) is 15.1. The van der Waals surface area contributed by atoms with Gasteiger partial charge in [0, 0.05) is 17.7 Å². The molecule has 0 saturated heterocycles. The number of nitro benzene ring substituents is 1. The predicted octanol–water partition coefficient (Wildman–Crippen LogP) is 3.76. The maximum atomic E-state index is 12.9. The van der Waals surface area contributed by atoms with Gasteiger partial charge in [-0.05, 0) is 31.3 Å². The first-order chi connectivity index (χ1) is 12.9. The van der Waals surface area contributed by atoms with Gasteiger partial charge in [0.05, 0.1) is 27.7 Å². The predicted molar refractivity (Wildman–Crippen MR) is 104 cm³/mol. The van der Waals surface area contributed by atoms with Crippen LogP contribution in [0.3, 0.4) is 0 Å². The number of nitrogens with one attached hydrogen (secondary N) is 1. The van der Waals surface area contributed by atoms with Crippen LogP contribution in [0, 0.1) is 10.1 Å². The largest absolute Gasteiger partial charge is 0.324 e. The number of hydrogen-bond donors (Lipinski definition) is 1. The molecule has 0 aromatic heterocycles. The van der Waals surface area contributed by atoms with Crippen LogP contribution in [0.1, 0.15) is 29.8 Å². The lowest BCUT2D eigenvalue weighted by atomic mass is 10.0. The molecule has 0 aliphatic heterocycles. The summed E-state index contributed by atoms with van der Waals surface area (Å²) in [6.07, 6.45) is 0. The van der Waals surface area contributed by atoms with Crippen molar-refractivity contribution in [2.45, 2.75) is 13.8 Å². The standard InChI is InChI=1S/C19H20ClN3O4/c1-3-22(4-2)12-18(24)21-17-10-9-13(23(26)27)11-15(17)19(25)14-7-5-6-8-16(14)20/h5-11H,3-4,12H2,1-2H3,(H,21,24). The van der Waals surface area contributed by atoms with Crippen molar-refractivity contribution in [2.75, 3.05) is 25.0 Å². The van der Waals surface area contributed by atoms with Crippen LogP contribution in [0.2, 0.25) is 5.02 Å². The minimum Gasteiger partial charge on any atom is -0.324 e. The minimum atomic E-state index is -0.592. The van der Waals surface area contributed by atoms with Crippen LogP contribution >= 0.6 is 11.6 Å². The first-order valence-electron chi connectivity index (χ1n) is 8.47. The summed E-state index contributed by atoms with van der Waals surface area (Å²) in [6, 6.07) is 10.2. The van der Waals surface area contributed by atoms with Crippen molar-refractivity contribution >= 4 is 34.7 Å². The van der Waals surface area contributed by atoms with E-state index in [1.54, 1.807) is 18.2 Å². The van der Waals surface area contributed by atoms with E-state index in [2.05, 4.69) is 5.32 Å². The highest BCUT2D eigenvalue weighted by Crippen LogP contribution is 2.27. The number of hydrogen-bond acceptors (Lipinski definition) is 5. The van der Waals surface area contributed by atoms with E-state index in [4.69, 9.17) is 11.6 Å². The summed E-state index contributed by atoms with van der Waals surface area (Å²) in [5, 5.41) is 14.0. The molecule has 7 nitrogen and oxygen atoms in total. The first-order valence-corrected chi connectivity index (χ1v) is 8.85. The molecule has 2 rings (SSSR count). The summed E-state index contributed by atoms with van der Waals surface area (Å²) < 4.78 is 0. The van der Waals surface area contributed by atoms with E-state index in [9.17, 15) is 19.7 Å². The Balaban J connectivity index is 2.40. The van der Waals surface area contributed by atoms with Gasteiger partial charge in [-0.2, -0.15) is 0 Å². The fourth-order valence-corrected chi connectivity index (χ4v) is 2.79. The molecule has 27 heavy (non-hydrogen) atoms. The summed E-state index contributed by atoms with van der Waals surface area (Å²) >= 11 is 6.09. The lowest BCUT2D eigenvalue weighted by Crippen LogP contribution is -2.33. The van der Waals surface area contributed by atoms with Gasteiger partial charge in [-0.3, -0.25) is 24.6 Å². The second-order valence-corrected chi connectivity index (χ2v) is 6.21. The van der Waals surface area contributed by atoms with Gasteiger partial charge in [0.15, 0.2) is 5.78 Å². The van der Waals surface area contributed by atoms with Gasteiger partial charge in [0.2, 0.25) is 5.91 Å². The number of ketones is 1. The second kappa shape index (κ2) is 9.25. The third-order valence-corrected chi connectivity index (χ3v) is 4.44. The van der Waals surface area contributed by atoms with Crippen LogP contribution in [0.25, 0.3) is 0 Å². The Morgan fingerprint density at radius 2 is 1.78 bits per heavy atom. The summed E-state index contributed by atoms with van der Waals surface area (Å²) in [5.41, 5.74) is 0.193. The number of carbonyl (C=O) groups is 2. The van der Waals surface area contributed by atoms with Gasteiger partial charge in [-0.1, -0.05) is 37.6 Å². The second-order valence-electron chi connectivity index (χ2n) is 5.81. The summed E-state index contributed by atoms with van der Waals surface area (Å²) in [5.74, 6) is -0.803. The van der Waals surface area contributed by atoms with Crippen molar-refractivity contribution in [3.63, 3.8) is 0 Å². The van der Waals surface area contributed by atoms with Crippen molar-refractivity contribution in [2.24, 2.45) is 0 Å². The molecule has 0 unspecified atom stereocenters.